The molecule has 0 spiro atoms. The molecule has 4 aliphatic rings. The number of hydrogen-bond acceptors (Lipinski definition) is 4. The van der Waals surface area contributed by atoms with Crippen molar-refractivity contribution in [2.75, 3.05) is 13.1 Å². The smallest absolute Gasteiger partial charge is 0.233 e. The summed E-state index contributed by atoms with van der Waals surface area (Å²) >= 11 is 0. The van der Waals surface area contributed by atoms with Crippen LogP contribution in [0, 0.1) is 23.7 Å². The number of amides is 4. The highest BCUT2D eigenvalue weighted by molar-refractivity contribution is 6.07. The molecule has 0 saturated carbocycles. The number of fused-ring (bicyclic) bond motifs is 2. The first-order valence-corrected chi connectivity index (χ1v) is 8.60. The van der Waals surface area contributed by atoms with E-state index in [0.717, 1.165) is 0 Å². The Morgan fingerprint density at radius 3 is 1.08 bits per heavy atom. The van der Waals surface area contributed by atoms with Gasteiger partial charge in [0.05, 0.1) is 23.7 Å². The van der Waals surface area contributed by atoms with Gasteiger partial charge in [-0.3, -0.25) is 29.0 Å². The molecule has 2 heterocycles. The van der Waals surface area contributed by atoms with Crippen LogP contribution in [-0.4, -0.2) is 46.5 Å². The third-order valence-corrected chi connectivity index (χ3v) is 5.74. The van der Waals surface area contributed by atoms with Gasteiger partial charge in [-0.1, -0.05) is 24.3 Å². The average molecular weight is 328 g/mol. The lowest BCUT2D eigenvalue weighted by Gasteiger charge is -2.20. The number of nitrogens with zero attached hydrogens (tertiary/aromatic N) is 2. The van der Waals surface area contributed by atoms with E-state index in [-0.39, 0.29) is 60.4 Å². The molecular weight excluding hydrogens is 308 g/mol. The Labute approximate surface area is 140 Å². The summed E-state index contributed by atoms with van der Waals surface area (Å²) in [6, 6.07) is 0. The quantitative estimate of drug-likeness (QED) is 0.569. The van der Waals surface area contributed by atoms with Gasteiger partial charge in [0.1, 0.15) is 0 Å². The Morgan fingerprint density at radius 1 is 0.583 bits per heavy atom. The van der Waals surface area contributed by atoms with E-state index in [1.807, 2.05) is 24.3 Å². The van der Waals surface area contributed by atoms with Crippen molar-refractivity contribution in [3.63, 3.8) is 0 Å². The number of imide groups is 2. The molecule has 0 radical (unpaired) electrons. The minimum absolute atomic E-state index is 0.120. The zero-order valence-corrected chi connectivity index (χ0v) is 13.4. The Morgan fingerprint density at radius 2 is 0.833 bits per heavy atom. The van der Waals surface area contributed by atoms with Crippen molar-refractivity contribution in [3.05, 3.63) is 24.3 Å². The van der Waals surface area contributed by atoms with E-state index in [4.69, 9.17) is 0 Å². The van der Waals surface area contributed by atoms with Gasteiger partial charge in [-0.25, -0.2) is 0 Å². The summed E-state index contributed by atoms with van der Waals surface area (Å²) in [5.41, 5.74) is 0. The van der Waals surface area contributed by atoms with Crippen molar-refractivity contribution in [3.8, 4) is 0 Å². The van der Waals surface area contributed by atoms with Crippen LogP contribution in [0.2, 0.25) is 0 Å². The Bertz CT molecular complexity index is 571. The summed E-state index contributed by atoms with van der Waals surface area (Å²) in [6.45, 7) is 0.240. The summed E-state index contributed by atoms with van der Waals surface area (Å²) in [5, 5.41) is 0. The second-order valence-electron chi connectivity index (χ2n) is 6.97. The van der Waals surface area contributed by atoms with Crippen LogP contribution in [0.25, 0.3) is 0 Å². The van der Waals surface area contributed by atoms with Crippen molar-refractivity contribution < 1.29 is 19.2 Å². The topological polar surface area (TPSA) is 74.8 Å². The van der Waals surface area contributed by atoms with E-state index in [9.17, 15) is 19.2 Å². The maximum absolute atomic E-state index is 12.4. The maximum atomic E-state index is 12.4. The van der Waals surface area contributed by atoms with Gasteiger partial charge >= 0.3 is 0 Å². The standard InChI is InChI=1S/C18H20N2O4/c21-15-11-5-1-2-6-12(11)16(22)19(15)9-10-20-17(23)13-7-3-4-8-14(13)18(20)24/h1-4,11-14H,5-10H2. The first-order valence-electron chi connectivity index (χ1n) is 8.60. The minimum Gasteiger partial charge on any atom is -0.280 e. The lowest BCUT2D eigenvalue weighted by Crippen LogP contribution is -2.41. The number of carbonyl (C=O) groups is 4. The van der Waals surface area contributed by atoms with Crippen LogP contribution < -0.4 is 0 Å². The van der Waals surface area contributed by atoms with Crippen molar-refractivity contribution in [2.24, 2.45) is 23.7 Å². The normalized spacial score (nSPS) is 35.0. The van der Waals surface area contributed by atoms with Crippen molar-refractivity contribution >= 4 is 23.6 Å². The number of likely N-dealkylation sites (tertiary alicyclic amines) is 2. The van der Waals surface area contributed by atoms with E-state index < -0.39 is 0 Å². The van der Waals surface area contributed by atoms with Gasteiger partial charge in [-0.15, -0.1) is 0 Å². The van der Waals surface area contributed by atoms with Gasteiger partial charge in [0, 0.05) is 13.1 Å². The van der Waals surface area contributed by atoms with Gasteiger partial charge < -0.3 is 0 Å². The third-order valence-electron chi connectivity index (χ3n) is 5.74. The monoisotopic (exact) mass is 328 g/mol. The fourth-order valence-corrected chi connectivity index (χ4v) is 4.38. The Kier molecular flexibility index (Phi) is 3.62. The Balaban J connectivity index is 1.44. The molecule has 4 atom stereocenters. The predicted octanol–water partition coefficient (Wildman–Crippen LogP) is 0.889. The van der Waals surface area contributed by atoms with Crippen molar-refractivity contribution in [1.82, 2.24) is 9.80 Å². The van der Waals surface area contributed by atoms with Crippen LogP contribution in [0.15, 0.2) is 24.3 Å². The van der Waals surface area contributed by atoms with Crippen LogP contribution >= 0.6 is 0 Å². The van der Waals surface area contributed by atoms with Gasteiger partial charge in [-0.2, -0.15) is 0 Å². The van der Waals surface area contributed by atoms with Gasteiger partial charge in [0.25, 0.3) is 0 Å². The van der Waals surface area contributed by atoms with Crippen LogP contribution in [0.3, 0.4) is 0 Å². The fraction of sp³-hybridized carbons (Fsp3) is 0.556. The first kappa shape index (κ1) is 15.3. The number of allylic oxidation sites excluding steroid dienone is 4. The second-order valence-corrected chi connectivity index (χ2v) is 6.97. The maximum Gasteiger partial charge on any atom is 0.233 e. The summed E-state index contributed by atoms with van der Waals surface area (Å²) in [5.74, 6) is -1.70. The first-order chi connectivity index (χ1) is 11.6. The van der Waals surface area contributed by atoms with E-state index in [0.29, 0.717) is 25.7 Å². The van der Waals surface area contributed by atoms with E-state index in [1.54, 1.807) is 0 Å². The molecule has 4 amide bonds. The molecule has 2 fully saturated rings. The molecule has 0 aromatic rings. The van der Waals surface area contributed by atoms with Crippen LogP contribution in [-0.2, 0) is 19.2 Å². The molecule has 6 nitrogen and oxygen atoms in total. The minimum atomic E-state index is -0.265. The molecule has 4 rings (SSSR count). The zero-order valence-electron chi connectivity index (χ0n) is 13.4. The zero-order chi connectivity index (χ0) is 16.8. The van der Waals surface area contributed by atoms with Gasteiger partial charge in [-0.05, 0) is 25.7 Å². The second kappa shape index (κ2) is 5.69. The molecule has 6 heteroatoms. The van der Waals surface area contributed by atoms with E-state index >= 15 is 0 Å². The summed E-state index contributed by atoms with van der Waals surface area (Å²) < 4.78 is 0. The Hall–Kier alpha value is -2.24. The highest BCUT2D eigenvalue weighted by atomic mass is 16.2. The molecular formula is C18H20N2O4. The van der Waals surface area contributed by atoms with Crippen LogP contribution in [0.5, 0.6) is 0 Å². The molecule has 126 valence electrons. The molecule has 0 N–H and O–H groups in total. The largest absolute Gasteiger partial charge is 0.280 e. The highest BCUT2D eigenvalue weighted by Crippen LogP contribution is 2.37. The molecule has 2 aliphatic carbocycles. The fourth-order valence-electron chi connectivity index (χ4n) is 4.38. The van der Waals surface area contributed by atoms with Gasteiger partial charge in [0.2, 0.25) is 23.6 Å². The SMILES string of the molecule is O=C1C2CC=CCC2C(=O)N1CCN1C(=O)C2CC=CCC2C1=O. The lowest BCUT2D eigenvalue weighted by atomic mass is 9.85. The lowest BCUT2D eigenvalue weighted by molar-refractivity contribution is -0.145. The summed E-state index contributed by atoms with van der Waals surface area (Å²) in [7, 11) is 0. The molecule has 0 bridgehead atoms. The summed E-state index contributed by atoms with van der Waals surface area (Å²) in [6.07, 6.45) is 10.2. The van der Waals surface area contributed by atoms with Crippen LogP contribution in [0.1, 0.15) is 25.7 Å². The van der Waals surface area contributed by atoms with Crippen LogP contribution in [0.4, 0.5) is 0 Å². The average Bonchev–Trinajstić information content (AvgIpc) is 3.00. The molecule has 0 aromatic carbocycles. The molecule has 0 aromatic heterocycles. The molecule has 2 saturated heterocycles. The van der Waals surface area contributed by atoms with Gasteiger partial charge in [0.15, 0.2) is 0 Å². The van der Waals surface area contributed by atoms with Crippen molar-refractivity contribution in [2.45, 2.75) is 25.7 Å². The number of hydrogen-bond donors (Lipinski definition) is 0. The van der Waals surface area contributed by atoms with E-state index in [2.05, 4.69) is 0 Å². The molecule has 4 unspecified atom stereocenters. The number of carbonyl (C=O) groups excluding carboxylic acids is 4. The molecule has 2 aliphatic heterocycles. The number of rotatable bonds is 3. The highest BCUT2D eigenvalue weighted by Gasteiger charge is 2.49. The predicted molar refractivity (Wildman–Crippen MR) is 84.1 cm³/mol. The van der Waals surface area contributed by atoms with E-state index in [1.165, 1.54) is 9.80 Å². The molecule has 24 heavy (non-hydrogen) atoms. The van der Waals surface area contributed by atoms with Crippen molar-refractivity contribution in [1.29, 1.82) is 0 Å². The third kappa shape index (κ3) is 2.16. The summed E-state index contributed by atoms with van der Waals surface area (Å²) in [4.78, 5) is 52.3.